The third-order valence-corrected chi connectivity index (χ3v) is 6.91. The predicted octanol–water partition coefficient (Wildman–Crippen LogP) is 2.94. The summed E-state index contributed by atoms with van der Waals surface area (Å²) in [4.78, 5) is 29.1. The number of fused-ring (bicyclic) bond motifs is 1. The van der Waals surface area contributed by atoms with Gasteiger partial charge in [-0.15, -0.1) is 11.8 Å². The summed E-state index contributed by atoms with van der Waals surface area (Å²) >= 11 is 1.26. The fourth-order valence-electron chi connectivity index (χ4n) is 3.98. The molecule has 2 atom stereocenters. The van der Waals surface area contributed by atoms with Crippen molar-refractivity contribution in [2.45, 2.75) is 37.3 Å². The Morgan fingerprint density at radius 3 is 2.67 bits per heavy atom. The molecule has 1 aliphatic heterocycles. The molecule has 8 nitrogen and oxygen atoms in total. The van der Waals surface area contributed by atoms with E-state index in [1.165, 1.54) is 11.8 Å². The smallest absolute Gasteiger partial charge is 0.251 e. The van der Waals surface area contributed by atoms with Gasteiger partial charge in [0.05, 0.1) is 17.5 Å². The summed E-state index contributed by atoms with van der Waals surface area (Å²) in [5.74, 6) is 0.121. The first-order chi connectivity index (χ1) is 15.9. The van der Waals surface area contributed by atoms with E-state index < -0.39 is 22.8 Å². The SMILES string of the molecule is Cc1cc(COc2ccc(C(=O)NC3(CC(=O)NO)CCSC3O)cc2)c2ccccc2n1. The third-order valence-electron chi connectivity index (χ3n) is 5.70. The Bertz CT molecular complexity index is 1170. The maximum absolute atomic E-state index is 12.8. The van der Waals surface area contributed by atoms with Crippen LogP contribution in [-0.4, -0.2) is 43.8 Å². The number of ether oxygens (including phenoxy) is 1. The Balaban J connectivity index is 1.44. The monoisotopic (exact) mass is 467 g/mol. The molecule has 1 aliphatic rings. The zero-order chi connectivity index (χ0) is 23.4. The number of thioether (sulfide) groups is 1. The molecule has 2 amide bonds. The van der Waals surface area contributed by atoms with Crippen LogP contribution in [-0.2, 0) is 11.4 Å². The number of amides is 2. The second-order valence-corrected chi connectivity index (χ2v) is 9.24. The van der Waals surface area contributed by atoms with Gasteiger partial charge in [-0.1, -0.05) is 18.2 Å². The van der Waals surface area contributed by atoms with Gasteiger partial charge in [0.2, 0.25) is 5.91 Å². The van der Waals surface area contributed by atoms with E-state index >= 15 is 0 Å². The molecule has 0 bridgehead atoms. The second kappa shape index (κ2) is 9.78. The molecule has 0 saturated carbocycles. The lowest BCUT2D eigenvalue weighted by Gasteiger charge is -2.32. The van der Waals surface area contributed by atoms with Gasteiger partial charge in [0, 0.05) is 22.2 Å². The standard InChI is InChI=1S/C24H25N3O5S/c1-15-12-17(19-4-2-3-5-20(19)25-15)14-32-18-8-6-16(7-9-18)22(29)26-24(13-21(28)27-31)10-11-33-23(24)30/h2-9,12,23,30-31H,10-11,13-14H2,1H3,(H,26,29)(H,27,28). The van der Waals surface area contributed by atoms with Gasteiger partial charge in [-0.3, -0.25) is 19.8 Å². The van der Waals surface area contributed by atoms with Crippen LogP contribution >= 0.6 is 11.8 Å². The van der Waals surface area contributed by atoms with Crippen molar-refractivity contribution in [2.24, 2.45) is 0 Å². The van der Waals surface area contributed by atoms with E-state index in [-0.39, 0.29) is 6.42 Å². The molecule has 2 unspecified atom stereocenters. The van der Waals surface area contributed by atoms with E-state index in [0.717, 1.165) is 22.2 Å². The minimum Gasteiger partial charge on any atom is -0.489 e. The molecule has 0 aliphatic carbocycles. The first-order valence-corrected chi connectivity index (χ1v) is 11.6. The maximum Gasteiger partial charge on any atom is 0.251 e. The summed E-state index contributed by atoms with van der Waals surface area (Å²) < 4.78 is 5.94. The predicted molar refractivity (Wildman–Crippen MR) is 125 cm³/mol. The van der Waals surface area contributed by atoms with Crippen LogP contribution in [0.2, 0.25) is 0 Å². The van der Waals surface area contributed by atoms with E-state index in [2.05, 4.69) is 10.3 Å². The second-order valence-electron chi connectivity index (χ2n) is 8.05. The normalized spacial score (nSPS) is 19.9. The van der Waals surface area contributed by atoms with Gasteiger partial charge in [-0.05, 0) is 55.5 Å². The fourth-order valence-corrected chi connectivity index (χ4v) is 5.27. The molecule has 0 spiro atoms. The maximum atomic E-state index is 12.8. The highest BCUT2D eigenvalue weighted by atomic mass is 32.2. The highest BCUT2D eigenvalue weighted by Gasteiger charge is 2.45. The molecule has 172 valence electrons. The number of rotatable bonds is 7. The Morgan fingerprint density at radius 2 is 1.97 bits per heavy atom. The molecular weight excluding hydrogens is 442 g/mol. The average molecular weight is 468 g/mol. The van der Waals surface area contributed by atoms with Crippen LogP contribution in [0.15, 0.2) is 54.6 Å². The van der Waals surface area contributed by atoms with Crippen molar-refractivity contribution < 1.29 is 24.6 Å². The van der Waals surface area contributed by atoms with Gasteiger partial charge in [-0.2, -0.15) is 0 Å². The van der Waals surface area contributed by atoms with Crippen LogP contribution < -0.4 is 15.5 Å². The van der Waals surface area contributed by atoms with Crippen LogP contribution in [0.3, 0.4) is 0 Å². The average Bonchev–Trinajstić information content (AvgIpc) is 3.16. The summed E-state index contributed by atoms with van der Waals surface area (Å²) in [6.45, 7) is 2.30. The lowest BCUT2D eigenvalue weighted by Crippen LogP contribution is -2.55. The van der Waals surface area contributed by atoms with Crippen molar-refractivity contribution in [2.75, 3.05) is 5.75 Å². The number of aliphatic hydroxyl groups excluding tert-OH is 1. The number of hydroxylamine groups is 1. The molecule has 2 heterocycles. The molecule has 2 aromatic carbocycles. The molecule has 9 heteroatoms. The van der Waals surface area contributed by atoms with Crippen molar-refractivity contribution in [1.29, 1.82) is 0 Å². The van der Waals surface area contributed by atoms with E-state index in [4.69, 9.17) is 9.94 Å². The van der Waals surface area contributed by atoms with Crippen LogP contribution in [0.1, 0.15) is 34.5 Å². The fraction of sp³-hybridized carbons (Fsp3) is 0.292. The largest absolute Gasteiger partial charge is 0.489 e. The van der Waals surface area contributed by atoms with E-state index in [1.807, 2.05) is 37.3 Å². The summed E-state index contributed by atoms with van der Waals surface area (Å²) in [7, 11) is 0. The molecule has 33 heavy (non-hydrogen) atoms. The third kappa shape index (κ3) is 5.11. The summed E-state index contributed by atoms with van der Waals surface area (Å²) in [5.41, 5.74) is 2.72. The molecule has 4 rings (SSSR count). The van der Waals surface area contributed by atoms with Gasteiger partial charge < -0.3 is 15.2 Å². The number of aryl methyl sites for hydroxylation is 1. The van der Waals surface area contributed by atoms with Gasteiger partial charge in [0.25, 0.3) is 5.91 Å². The summed E-state index contributed by atoms with van der Waals surface area (Å²) in [5, 5.41) is 23.1. The number of nitrogens with one attached hydrogen (secondary N) is 2. The number of nitrogens with zero attached hydrogens (tertiary/aromatic N) is 1. The number of hydrogen-bond acceptors (Lipinski definition) is 7. The molecule has 4 N–H and O–H groups in total. The summed E-state index contributed by atoms with van der Waals surface area (Å²) in [6, 6.07) is 16.6. The Morgan fingerprint density at radius 1 is 1.21 bits per heavy atom. The molecule has 1 aromatic heterocycles. The van der Waals surface area contributed by atoms with Crippen LogP contribution in [0.4, 0.5) is 0 Å². The zero-order valence-electron chi connectivity index (χ0n) is 18.1. The number of benzene rings is 2. The number of hydrogen-bond donors (Lipinski definition) is 4. The van der Waals surface area contributed by atoms with Crippen LogP contribution in [0.25, 0.3) is 10.9 Å². The number of pyridine rings is 1. The van der Waals surface area contributed by atoms with Crippen molar-refractivity contribution in [3.63, 3.8) is 0 Å². The van der Waals surface area contributed by atoms with Crippen molar-refractivity contribution in [3.8, 4) is 5.75 Å². The topological polar surface area (TPSA) is 121 Å². The number of carbonyl (C=O) groups is 2. The van der Waals surface area contributed by atoms with Crippen molar-refractivity contribution in [1.82, 2.24) is 15.8 Å². The number of aliphatic hydroxyl groups is 1. The molecule has 1 fully saturated rings. The number of para-hydroxylation sites is 1. The van der Waals surface area contributed by atoms with Crippen LogP contribution in [0.5, 0.6) is 5.75 Å². The van der Waals surface area contributed by atoms with Gasteiger partial charge in [0.1, 0.15) is 17.8 Å². The Kier molecular flexibility index (Phi) is 6.83. The van der Waals surface area contributed by atoms with E-state index in [1.54, 1.807) is 29.7 Å². The lowest BCUT2D eigenvalue weighted by atomic mass is 9.92. The minimum absolute atomic E-state index is 0.218. The zero-order valence-corrected chi connectivity index (χ0v) is 18.9. The molecule has 3 aromatic rings. The molecular formula is C24H25N3O5S. The van der Waals surface area contributed by atoms with Gasteiger partial charge in [-0.25, -0.2) is 5.48 Å². The molecule has 1 saturated heterocycles. The van der Waals surface area contributed by atoms with E-state index in [9.17, 15) is 14.7 Å². The quantitative estimate of drug-likeness (QED) is 0.311. The highest BCUT2D eigenvalue weighted by molar-refractivity contribution is 8.00. The van der Waals surface area contributed by atoms with Gasteiger partial charge in [0.15, 0.2) is 0 Å². The van der Waals surface area contributed by atoms with Crippen molar-refractivity contribution >= 4 is 34.5 Å². The lowest BCUT2D eigenvalue weighted by molar-refractivity contribution is -0.131. The van der Waals surface area contributed by atoms with Crippen LogP contribution in [0, 0.1) is 6.92 Å². The summed E-state index contributed by atoms with van der Waals surface area (Å²) in [6.07, 6.45) is 0.197. The first kappa shape index (κ1) is 23.0. The highest BCUT2D eigenvalue weighted by Crippen LogP contribution is 2.37. The Labute approximate surface area is 195 Å². The van der Waals surface area contributed by atoms with Crippen molar-refractivity contribution in [3.05, 3.63) is 71.4 Å². The van der Waals surface area contributed by atoms with E-state index in [0.29, 0.717) is 30.1 Å². The Hall–Kier alpha value is -3.14. The minimum atomic E-state index is -1.13. The molecule has 0 radical (unpaired) electrons. The first-order valence-electron chi connectivity index (χ1n) is 10.5. The number of aromatic nitrogens is 1. The number of carbonyl (C=O) groups excluding carboxylic acids is 2. The van der Waals surface area contributed by atoms with Gasteiger partial charge >= 0.3 is 0 Å².